The molecule has 0 radical (unpaired) electrons. The normalized spacial score (nSPS) is 15.1. The number of pyridine rings is 1. The van der Waals surface area contributed by atoms with Crippen LogP contribution in [0.25, 0.3) is 11.1 Å². The smallest absolute Gasteiger partial charge is 0.271 e. The first-order chi connectivity index (χ1) is 19.2. The predicted octanol–water partition coefficient (Wildman–Crippen LogP) is 4.71. The Morgan fingerprint density at radius 2 is 2.02 bits per heavy atom. The molecule has 210 valence electrons. The molecule has 0 saturated carbocycles. The van der Waals surface area contributed by atoms with Gasteiger partial charge in [0.2, 0.25) is 0 Å². The van der Waals surface area contributed by atoms with Gasteiger partial charge in [0, 0.05) is 56.0 Å². The molecule has 1 aliphatic rings. The Hall–Kier alpha value is -3.87. The third-order valence-electron chi connectivity index (χ3n) is 6.65. The number of hydrogen-bond donors (Lipinski definition) is 2. The van der Waals surface area contributed by atoms with Crippen LogP contribution < -0.4 is 5.32 Å². The molecular formula is C27H26ClF3N6O3. The van der Waals surface area contributed by atoms with E-state index in [-0.39, 0.29) is 31.7 Å². The third kappa shape index (κ3) is 5.83. The summed E-state index contributed by atoms with van der Waals surface area (Å²) in [6.45, 7) is -0.0223. The highest BCUT2D eigenvalue weighted by Gasteiger charge is 2.34. The van der Waals surface area contributed by atoms with E-state index in [2.05, 4.69) is 15.4 Å². The van der Waals surface area contributed by atoms with Gasteiger partial charge in [0.05, 0.1) is 24.3 Å². The van der Waals surface area contributed by atoms with Crippen LogP contribution in [0.15, 0.2) is 55.0 Å². The molecule has 2 N–H and O–H groups in total. The highest BCUT2D eigenvalue weighted by molar-refractivity contribution is 6.33. The number of nitrogens with zero attached hydrogens (tertiary/aromatic N) is 5. The molecule has 13 heteroatoms. The number of ether oxygens (including phenoxy) is 1. The molecule has 0 saturated heterocycles. The Morgan fingerprint density at radius 1 is 1.20 bits per heavy atom. The number of amides is 1. The van der Waals surface area contributed by atoms with Crippen molar-refractivity contribution < 1.29 is 27.8 Å². The number of rotatable bonds is 10. The monoisotopic (exact) mass is 574 g/mol. The van der Waals surface area contributed by atoms with Crippen molar-refractivity contribution in [2.24, 2.45) is 0 Å². The van der Waals surface area contributed by atoms with Gasteiger partial charge in [0.1, 0.15) is 23.9 Å². The van der Waals surface area contributed by atoms with Gasteiger partial charge in [-0.25, -0.2) is 18.2 Å². The predicted molar refractivity (Wildman–Crippen MR) is 142 cm³/mol. The van der Waals surface area contributed by atoms with E-state index in [1.54, 1.807) is 30.2 Å². The number of aliphatic hydroxyl groups is 1. The highest BCUT2D eigenvalue weighted by Crippen LogP contribution is 2.34. The molecule has 4 aromatic rings. The number of methoxy groups -OCH3 is 1. The lowest BCUT2D eigenvalue weighted by molar-refractivity contribution is 0.0386. The maximum Gasteiger partial charge on any atom is 0.271 e. The van der Waals surface area contributed by atoms with Gasteiger partial charge in [0.25, 0.3) is 12.3 Å². The van der Waals surface area contributed by atoms with Gasteiger partial charge in [-0.1, -0.05) is 17.7 Å². The Kier molecular flexibility index (Phi) is 8.10. The third-order valence-corrected chi connectivity index (χ3v) is 6.95. The zero-order valence-electron chi connectivity index (χ0n) is 21.4. The van der Waals surface area contributed by atoms with E-state index in [0.29, 0.717) is 51.2 Å². The first-order valence-corrected chi connectivity index (χ1v) is 12.8. The van der Waals surface area contributed by atoms with Crippen LogP contribution in [0.1, 0.15) is 21.6 Å². The second-order valence-electron chi connectivity index (χ2n) is 9.37. The number of aliphatic hydroxyl groups excluding tert-OH is 1. The molecule has 0 bridgehead atoms. The van der Waals surface area contributed by atoms with Crippen molar-refractivity contribution in [1.29, 1.82) is 0 Å². The number of fused-ring (bicyclic) bond motifs is 1. The summed E-state index contributed by atoms with van der Waals surface area (Å²) < 4.78 is 47.6. The van der Waals surface area contributed by atoms with Crippen LogP contribution in [-0.2, 0) is 31.0 Å². The SMILES string of the molecule is COC[C@H]1Cn2cc(-c3cc(Nc4ccn(CC(F)F)n4)ncc3Cl)cc2C(=O)N1Cc1cc(F)ccc1CO. The number of halogens is 4. The summed E-state index contributed by atoms with van der Waals surface area (Å²) >= 11 is 6.48. The minimum absolute atomic E-state index is 0.101. The summed E-state index contributed by atoms with van der Waals surface area (Å²) in [6.07, 6.45) is 2.18. The minimum Gasteiger partial charge on any atom is -0.392 e. The summed E-state index contributed by atoms with van der Waals surface area (Å²) in [5, 5.41) is 17.1. The van der Waals surface area contributed by atoms with Crippen LogP contribution >= 0.6 is 11.6 Å². The van der Waals surface area contributed by atoms with Gasteiger partial charge in [-0.15, -0.1) is 0 Å². The zero-order valence-corrected chi connectivity index (χ0v) is 22.2. The van der Waals surface area contributed by atoms with Crippen molar-refractivity contribution in [3.63, 3.8) is 0 Å². The zero-order chi connectivity index (χ0) is 28.4. The molecule has 0 spiro atoms. The van der Waals surface area contributed by atoms with Crippen LogP contribution in [0.5, 0.6) is 0 Å². The molecule has 1 amide bonds. The molecule has 1 aliphatic heterocycles. The Labute approximate surface area is 232 Å². The van der Waals surface area contributed by atoms with Gasteiger partial charge >= 0.3 is 0 Å². The lowest BCUT2D eigenvalue weighted by Gasteiger charge is -2.36. The van der Waals surface area contributed by atoms with Crippen molar-refractivity contribution >= 4 is 29.1 Å². The molecule has 1 aromatic carbocycles. The molecule has 9 nitrogen and oxygen atoms in total. The molecular weight excluding hydrogens is 549 g/mol. The van der Waals surface area contributed by atoms with E-state index in [1.807, 2.05) is 10.8 Å². The molecule has 1 atom stereocenters. The van der Waals surface area contributed by atoms with Crippen molar-refractivity contribution in [3.8, 4) is 11.1 Å². The van der Waals surface area contributed by atoms with Crippen LogP contribution in [0.4, 0.5) is 24.8 Å². The van der Waals surface area contributed by atoms with Gasteiger partial charge in [-0.3, -0.25) is 9.48 Å². The van der Waals surface area contributed by atoms with Crippen LogP contribution in [0, 0.1) is 5.82 Å². The Morgan fingerprint density at radius 3 is 2.77 bits per heavy atom. The van der Waals surface area contributed by atoms with E-state index in [4.69, 9.17) is 16.3 Å². The topological polar surface area (TPSA) is 97.4 Å². The standard InChI is InChI=1S/C27H26ClF3N6O3/c1-40-15-20-12-35-10-18(7-23(35)27(39)37(20)11-17-6-19(29)3-2-16(17)14-38)21-8-26(32-9-22(21)28)33-25-4-5-36(34-25)13-24(30)31/h2-10,20,24,38H,11-15H2,1H3,(H,32,33,34)/t20-/m1/s1. The molecule has 0 unspecified atom stereocenters. The van der Waals surface area contributed by atoms with E-state index in [0.717, 1.165) is 4.68 Å². The first-order valence-electron chi connectivity index (χ1n) is 12.4. The molecule has 3 aromatic heterocycles. The fourth-order valence-electron chi connectivity index (χ4n) is 4.77. The number of anilines is 2. The van der Waals surface area contributed by atoms with Crippen molar-refractivity contribution in [1.82, 2.24) is 24.2 Å². The second-order valence-corrected chi connectivity index (χ2v) is 9.78. The number of carbonyl (C=O) groups is 1. The molecule has 5 rings (SSSR count). The quantitative estimate of drug-likeness (QED) is 0.285. The molecule has 40 heavy (non-hydrogen) atoms. The number of benzene rings is 1. The summed E-state index contributed by atoms with van der Waals surface area (Å²) in [7, 11) is 1.54. The summed E-state index contributed by atoms with van der Waals surface area (Å²) in [5.74, 6) is -0.00641. The minimum atomic E-state index is -2.53. The lowest BCUT2D eigenvalue weighted by Crippen LogP contribution is -2.49. The van der Waals surface area contributed by atoms with Gasteiger partial charge in [-0.2, -0.15) is 5.10 Å². The highest BCUT2D eigenvalue weighted by atomic mass is 35.5. The van der Waals surface area contributed by atoms with Crippen LogP contribution in [0.2, 0.25) is 5.02 Å². The van der Waals surface area contributed by atoms with Crippen molar-refractivity contribution in [3.05, 3.63) is 82.6 Å². The van der Waals surface area contributed by atoms with E-state index in [9.17, 15) is 23.1 Å². The fourth-order valence-corrected chi connectivity index (χ4v) is 4.99. The number of hydrogen-bond acceptors (Lipinski definition) is 6. The van der Waals surface area contributed by atoms with Crippen LogP contribution in [0.3, 0.4) is 0 Å². The summed E-state index contributed by atoms with van der Waals surface area (Å²) in [4.78, 5) is 19.6. The van der Waals surface area contributed by atoms with E-state index in [1.165, 1.54) is 30.6 Å². The maximum absolute atomic E-state index is 14.0. The largest absolute Gasteiger partial charge is 0.392 e. The van der Waals surface area contributed by atoms with Gasteiger partial charge in [-0.05, 0) is 35.4 Å². The van der Waals surface area contributed by atoms with Crippen molar-refractivity contribution in [2.75, 3.05) is 19.0 Å². The number of aromatic nitrogens is 4. The van der Waals surface area contributed by atoms with E-state index < -0.39 is 18.8 Å². The van der Waals surface area contributed by atoms with Gasteiger partial charge in [0.15, 0.2) is 5.82 Å². The average Bonchev–Trinajstić information content (AvgIpc) is 3.54. The Balaban J connectivity index is 1.43. The first kappa shape index (κ1) is 27.7. The Bertz CT molecular complexity index is 1530. The number of nitrogens with one attached hydrogen (secondary N) is 1. The van der Waals surface area contributed by atoms with Crippen molar-refractivity contribution in [2.45, 2.75) is 38.7 Å². The maximum atomic E-state index is 14.0. The average molecular weight is 575 g/mol. The second kappa shape index (κ2) is 11.7. The van der Waals surface area contributed by atoms with Gasteiger partial charge < -0.3 is 24.6 Å². The lowest BCUT2D eigenvalue weighted by atomic mass is 10.0. The molecule has 4 heterocycles. The van der Waals surface area contributed by atoms with Crippen LogP contribution in [-0.4, -0.2) is 61.4 Å². The molecule has 0 aliphatic carbocycles. The number of carbonyl (C=O) groups excluding carboxylic acids is 1. The molecule has 0 fully saturated rings. The number of alkyl halides is 2. The van der Waals surface area contributed by atoms with E-state index >= 15 is 0 Å². The fraction of sp³-hybridized carbons (Fsp3) is 0.296. The summed E-state index contributed by atoms with van der Waals surface area (Å²) in [6, 6.07) is 8.72. The summed E-state index contributed by atoms with van der Waals surface area (Å²) in [5.41, 5.74) is 2.73.